The molecule has 3 heterocycles. The zero-order valence-electron chi connectivity index (χ0n) is 12.2. The third-order valence-corrected chi connectivity index (χ3v) is 22.1. The fourth-order valence-corrected chi connectivity index (χ4v) is 22.3. The topological polar surface area (TPSA) is 0 Å². The van der Waals surface area contributed by atoms with Crippen molar-refractivity contribution in [1.29, 1.82) is 0 Å². The van der Waals surface area contributed by atoms with Crippen LogP contribution in [0.2, 0.25) is 26.8 Å². The summed E-state index contributed by atoms with van der Waals surface area (Å²) in [7, 11) is 0. The van der Waals surface area contributed by atoms with E-state index in [2.05, 4.69) is 47.0 Å². The van der Waals surface area contributed by atoms with Crippen LogP contribution in [0.15, 0.2) is 0 Å². The zero-order chi connectivity index (χ0) is 14.3. The van der Waals surface area contributed by atoms with Gasteiger partial charge < -0.3 is 0 Å². The Balaban J connectivity index is 1.22. The Morgan fingerprint density at radius 1 is 0.810 bits per heavy atom. The third kappa shape index (κ3) is 10.5. The van der Waals surface area contributed by atoms with Crippen LogP contribution in [0.1, 0.15) is 0 Å². The van der Waals surface area contributed by atoms with Gasteiger partial charge in [0.1, 0.15) is 0 Å². The Hall–Kier alpha value is 3.77. The molecule has 0 aromatic carbocycles. The van der Waals surface area contributed by atoms with E-state index in [1.54, 1.807) is 26.8 Å². The first-order chi connectivity index (χ1) is 10.4. The van der Waals surface area contributed by atoms with Crippen molar-refractivity contribution in [3.05, 3.63) is 0 Å². The van der Waals surface area contributed by atoms with Gasteiger partial charge in [-0.2, -0.15) is 0 Å². The molecule has 0 N–H and O–H groups in total. The Kier molecular flexibility index (Phi) is 10.7. The molecule has 0 aromatic heterocycles. The summed E-state index contributed by atoms with van der Waals surface area (Å²) in [4.78, 5) is 0. The van der Waals surface area contributed by atoms with E-state index < -0.39 is 0 Å². The van der Waals surface area contributed by atoms with E-state index in [9.17, 15) is 0 Å². The van der Waals surface area contributed by atoms with Crippen LogP contribution in [0.4, 0.5) is 0 Å². The normalized spacial score (nSPS) is 31.1. The molecule has 0 aromatic rings. The molecular formula is C14H24S4Te3. The van der Waals surface area contributed by atoms with E-state index >= 15 is 0 Å². The summed E-state index contributed by atoms with van der Waals surface area (Å²) in [6.45, 7) is 0. The average Bonchev–Trinajstić information content (AvgIpc) is 3.34. The third-order valence-electron chi connectivity index (χ3n) is 3.31. The zero-order valence-corrected chi connectivity index (χ0v) is 22.5. The van der Waals surface area contributed by atoms with Gasteiger partial charge in [-0.1, -0.05) is 0 Å². The fourth-order valence-electron chi connectivity index (χ4n) is 1.79. The van der Waals surface area contributed by atoms with Crippen molar-refractivity contribution in [2.24, 2.45) is 0 Å². The standard InChI is InChI=1S/C14H24S4Te3/c1(2-19-6-11-3-16-11)15-14(9-20-7-12-4-17-12)10-21-8-13-5-18-13/h11-14H,1-10H2. The summed E-state index contributed by atoms with van der Waals surface area (Å²) >= 11 is 10.2. The number of rotatable bonds is 14. The summed E-state index contributed by atoms with van der Waals surface area (Å²) in [6.07, 6.45) is 0. The van der Waals surface area contributed by atoms with Crippen LogP contribution in [0, 0.1) is 0 Å². The maximum atomic E-state index is 2.41. The number of hydrogen-bond donors (Lipinski definition) is 0. The van der Waals surface area contributed by atoms with Gasteiger partial charge in [-0.05, 0) is 0 Å². The second kappa shape index (κ2) is 11.5. The van der Waals surface area contributed by atoms with Gasteiger partial charge in [-0.3, -0.25) is 0 Å². The Morgan fingerprint density at radius 2 is 1.29 bits per heavy atom. The van der Waals surface area contributed by atoms with Crippen LogP contribution in [-0.4, -0.2) is 107 Å². The van der Waals surface area contributed by atoms with E-state index in [0.717, 1.165) is 21.0 Å². The minimum atomic E-state index is 0.365. The van der Waals surface area contributed by atoms with Crippen LogP contribution in [0.5, 0.6) is 0 Å². The van der Waals surface area contributed by atoms with Crippen LogP contribution < -0.4 is 0 Å². The second-order valence-corrected chi connectivity index (χ2v) is 20.3. The van der Waals surface area contributed by atoms with Crippen LogP contribution >= 0.6 is 47.0 Å². The Labute approximate surface area is 178 Å². The van der Waals surface area contributed by atoms with Crippen molar-refractivity contribution >= 4 is 110 Å². The van der Waals surface area contributed by atoms with Gasteiger partial charge in [-0.25, -0.2) is 0 Å². The summed E-state index contributed by atoms with van der Waals surface area (Å²) < 4.78 is 9.92. The van der Waals surface area contributed by atoms with Gasteiger partial charge in [0, 0.05) is 0 Å². The monoisotopic (exact) mass is 710 g/mol. The molecule has 0 saturated carbocycles. The van der Waals surface area contributed by atoms with Gasteiger partial charge >= 0.3 is 181 Å². The van der Waals surface area contributed by atoms with Crippen LogP contribution in [0.25, 0.3) is 0 Å². The molecule has 21 heavy (non-hydrogen) atoms. The van der Waals surface area contributed by atoms with E-state index in [1.807, 2.05) is 0 Å². The SMILES string of the molecule is C(C[Te]CC1CS1)SC(C[Te]CC1CS1)C[Te]CC1CS1. The van der Waals surface area contributed by atoms with E-state index in [0.29, 0.717) is 62.8 Å². The Bertz CT molecular complexity index is 278. The number of thioether (sulfide) groups is 4. The van der Waals surface area contributed by atoms with Gasteiger partial charge in [-0.15, -0.1) is 0 Å². The molecule has 0 aliphatic carbocycles. The van der Waals surface area contributed by atoms with Crippen molar-refractivity contribution < 1.29 is 0 Å². The molecule has 7 heteroatoms. The molecule has 3 rings (SSSR count). The number of hydrogen-bond acceptors (Lipinski definition) is 4. The predicted octanol–water partition coefficient (Wildman–Crippen LogP) is 4.06. The van der Waals surface area contributed by atoms with E-state index in [1.165, 1.54) is 23.0 Å². The van der Waals surface area contributed by atoms with Gasteiger partial charge in [0.25, 0.3) is 0 Å². The molecule has 0 radical (unpaired) electrons. The minimum absolute atomic E-state index is 0.365. The summed E-state index contributed by atoms with van der Waals surface area (Å²) in [5, 5.41) is 4.49. The summed E-state index contributed by atoms with van der Waals surface area (Å²) in [6, 6.07) is 0. The molecule has 0 bridgehead atoms. The molecule has 3 fully saturated rings. The fraction of sp³-hybridized carbons (Fsp3) is 1.00. The summed E-state index contributed by atoms with van der Waals surface area (Å²) in [5.74, 6) is 6.02. The molecule has 3 aliphatic heterocycles. The molecule has 0 spiro atoms. The molecular weight excluding hydrogens is 679 g/mol. The first kappa shape index (κ1) is 19.5. The molecule has 3 unspecified atom stereocenters. The predicted molar refractivity (Wildman–Crippen MR) is 111 cm³/mol. The Morgan fingerprint density at radius 3 is 1.76 bits per heavy atom. The average molecular weight is 703 g/mol. The molecule has 0 nitrogen and oxygen atoms in total. The first-order valence-corrected chi connectivity index (χ1v) is 21.7. The summed E-state index contributed by atoms with van der Waals surface area (Å²) in [5.41, 5.74) is 0. The molecule has 3 atom stereocenters. The van der Waals surface area contributed by atoms with Gasteiger partial charge in [0.2, 0.25) is 0 Å². The molecule has 3 saturated heterocycles. The van der Waals surface area contributed by atoms with E-state index in [-0.39, 0.29) is 0 Å². The molecule has 122 valence electrons. The van der Waals surface area contributed by atoms with Crippen molar-refractivity contribution in [3.63, 3.8) is 0 Å². The van der Waals surface area contributed by atoms with Crippen molar-refractivity contribution in [1.82, 2.24) is 0 Å². The molecule has 0 amide bonds. The van der Waals surface area contributed by atoms with Crippen LogP contribution in [-0.2, 0) is 0 Å². The van der Waals surface area contributed by atoms with E-state index in [4.69, 9.17) is 0 Å². The molecule has 3 aliphatic rings. The maximum absolute atomic E-state index is 2.41. The van der Waals surface area contributed by atoms with Crippen molar-refractivity contribution in [2.75, 3.05) is 23.0 Å². The van der Waals surface area contributed by atoms with Gasteiger partial charge in [0.15, 0.2) is 0 Å². The second-order valence-electron chi connectivity index (χ2n) is 5.51. The van der Waals surface area contributed by atoms with Crippen molar-refractivity contribution in [3.8, 4) is 0 Å². The first-order valence-electron chi connectivity index (χ1n) is 7.60. The van der Waals surface area contributed by atoms with Gasteiger partial charge in [0.05, 0.1) is 0 Å². The van der Waals surface area contributed by atoms with Crippen molar-refractivity contribution in [2.45, 2.75) is 47.8 Å². The van der Waals surface area contributed by atoms with Crippen LogP contribution in [0.3, 0.4) is 0 Å². The quantitative estimate of drug-likeness (QED) is 0.152.